The molecule has 0 aromatic rings. The summed E-state index contributed by atoms with van der Waals surface area (Å²) in [4.78, 5) is 11.7. The molecule has 2 nitrogen and oxygen atoms in total. The van der Waals surface area contributed by atoms with Crippen LogP contribution >= 0.6 is 15.9 Å². The zero-order chi connectivity index (χ0) is 11.4. The van der Waals surface area contributed by atoms with E-state index in [2.05, 4.69) is 42.0 Å². The Morgan fingerprint density at radius 3 is 2.27 bits per heavy atom. The molecule has 0 radical (unpaired) electrons. The second kappa shape index (κ2) is 5.88. The van der Waals surface area contributed by atoms with E-state index in [1.165, 1.54) is 25.7 Å². The molecule has 1 saturated carbocycles. The van der Waals surface area contributed by atoms with E-state index in [0.29, 0.717) is 17.9 Å². The van der Waals surface area contributed by atoms with Crippen LogP contribution in [0.25, 0.3) is 0 Å². The number of rotatable bonds is 4. The fraction of sp³-hybridized carbons (Fsp3) is 0.917. The molecule has 0 bridgehead atoms. The lowest BCUT2D eigenvalue weighted by Gasteiger charge is -2.23. The van der Waals surface area contributed by atoms with Gasteiger partial charge in [-0.3, -0.25) is 4.79 Å². The minimum absolute atomic E-state index is 0.0543. The number of alkyl halides is 1. The maximum Gasteiger partial charge on any atom is 0.234 e. The Morgan fingerprint density at radius 1 is 1.27 bits per heavy atom. The topological polar surface area (TPSA) is 29.1 Å². The van der Waals surface area contributed by atoms with Gasteiger partial charge in [-0.2, -0.15) is 0 Å². The average Bonchev–Trinajstić information content (AvgIpc) is 2.68. The van der Waals surface area contributed by atoms with Crippen molar-refractivity contribution in [1.29, 1.82) is 0 Å². The van der Waals surface area contributed by atoms with Gasteiger partial charge in [0.15, 0.2) is 0 Å². The maximum atomic E-state index is 11.8. The number of hydrogen-bond donors (Lipinski definition) is 1. The van der Waals surface area contributed by atoms with Gasteiger partial charge in [-0.1, -0.05) is 42.6 Å². The molecular weight excluding hydrogens is 254 g/mol. The van der Waals surface area contributed by atoms with Crippen LogP contribution in [0.15, 0.2) is 0 Å². The molecule has 0 aromatic heterocycles. The molecule has 0 aromatic carbocycles. The molecule has 0 aliphatic heterocycles. The summed E-state index contributed by atoms with van der Waals surface area (Å²) in [5.74, 6) is 1.19. The first-order chi connectivity index (χ1) is 7.02. The van der Waals surface area contributed by atoms with E-state index < -0.39 is 0 Å². The van der Waals surface area contributed by atoms with Gasteiger partial charge in [0.25, 0.3) is 0 Å². The highest BCUT2D eigenvalue weighted by atomic mass is 79.9. The van der Waals surface area contributed by atoms with E-state index in [9.17, 15) is 4.79 Å². The van der Waals surface area contributed by atoms with Crippen molar-refractivity contribution >= 4 is 21.8 Å². The van der Waals surface area contributed by atoms with Crippen molar-refractivity contribution in [1.82, 2.24) is 5.32 Å². The number of amides is 1. The lowest BCUT2D eigenvalue weighted by molar-refractivity contribution is -0.122. The van der Waals surface area contributed by atoms with Gasteiger partial charge in [0.1, 0.15) is 0 Å². The van der Waals surface area contributed by atoms with E-state index in [-0.39, 0.29) is 10.7 Å². The largest absolute Gasteiger partial charge is 0.352 e. The van der Waals surface area contributed by atoms with E-state index in [4.69, 9.17) is 0 Å². The first-order valence-electron chi connectivity index (χ1n) is 5.96. The van der Waals surface area contributed by atoms with Gasteiger partial charge in [-0.15, -0.1) is 0 Å². The Labute approximate surface area is 101 Å². The molecule has 0 heterocycles. The summed E-state index contributed by atoms with van der Waals surface area (Å²) < 4.78 is 0. The maximum absolute atomic E-state index is 11.8. The lowest BCUT2D eigenvalue weighted by atomic mass is 9.99. The molecule has 3 heteroatoms. The second-order valence-corrected chi connectivity index (χ2v) is 5.97. The monoisotopic (exact) mass is 275 g/mol. The van der Waals surface area contributed by atoms with E-state index in [1.54, 1.807) is 0 Å². The highest BCUT2D eigenvalue weighted by molar-refractivity contribution is 9.10. The zero-order valence-corrected chi connectivity index (χ0v) is 11.5. The molecule has 1 amide bonds. The number of hydrogen-bond acceptors (Lipinski definition) is 1. The summed E-state index contributed by atoms with van der Waals surface area (Å²) in [6.45, 7) is 6.24. The third-order valence-electron chi connectivity index (χ3n) is 3.31. The molecule has 1 aliphatic rings. The normalized spacial score (nSPS) is 21.7. The summed E-state index contributed by atoms with van der Waals surface area (Å²) >= 11 is 3.43. The zero-order valence-electron chi connectivity index (χ0n) is 9.92. The number of carbonyl (C=O) groups excluding carboxylic acids is 1. The minimum Gasteiger partial charge on any atom is -0.352 e. The van der Waals surface area contributed by atoms with Crippen molar-refractivity contribution in [3.63, 3.8) is 0 Å². The van der Waals surface area contributed by atoms with Crippen molar-refractivity contribution in [2.45, 2.75) is 57.3 Å². The van der Waals surface area contributed by atoms with Crippen LogP contribution in [0.3, 0.4) is 0 Å². The van der Waals surface area contributed by atoms with E-state index in [0.717, 1.165) is 0 Å². The molecule has 1 aliphatic carbocycles. The molecule has 0 spiro atoms. The van der Waals surface area contributed by atoms with Gasteiger partial charge in [-0.25, -0.2) is 0 Å². The van der Waals surface area contributed by atoms with Gasteiger partial charge in [0.2, 0.25) is 5.91 Å². The standard InChI is InChI=1S/C12H22BrNO/c1-8(2)11(13)12(15)14-9(3)10-6-4-5-7-10/h8-11H,4-7H2,1-3H3,(H,14,15)/t9-,11?/m0/s1. The van der Waals surface area contributed by atoms with Crippen molar-refractivity contribution in [3.8, 4) is 0 Å². The van der Waals surface area contributed by atoms with E-state index in [1.807, 2.05) is 0 Å². The van der Waals surface area contributed by atoms with Crippen LogP contribution in [0.2, 0.25) is 0 Å². The average molecular weight is 276 g/mol. The Hall–Kier alpha value is -0.0500. The molecule has 1 unspecified atom stereocenters. The fourth-order valence-corrected chi connectivity index (χ4v) is 2.31. The first kappa shape index (κ1) is 13.0. The van der Waals surface area contributed by atoms with Crippen molar-refractivity contribution < 1.29 is 4.79 Å². The Balaban J connectivity index is 2.36. The first-order valence-corrected chi connectivity index (χ1v) is 6.88. The highest BCUT2D eigenvalue weighted by Gasteiger charge is 2.25. The Morgan fingerprint density at radius 2 is 1.80 bits per heavy atom. The number of nitrogens with one attached hydrogen (secondary N) is 1. The third kappa shape index (κ3) is 3.78. The van der Waals surface area contributed by atoms with Crippen LogP contribution in [0.4, 0.5) is 0 Å². The van der Waals surface area contributed by atoms with Gasteiger partial charge < -0.3 is 5.32 Å². The molecule has 1 N–H and O–H groups in total. The van der Waals surface area contributed by atoms with Crippen LogP contribution < -0.4 is 5.32 Å². The highest BCUT2D eigenvalue weighted by Crippen LogP contribution is 2.27. The van der Waals surface area contributed by atoms with Gasteiger partial charge in [0, 0.05) is 6.04 Å². The van der Waals surface area contributed by atoms with Crippen LogP contribution in [0.5, 0.6) is 0 Å². The molecule has 15 heavy (non-hydrogen) atoms. The fourth-order valence-electron chi connectivity index (χ4n) is 2.18. The summed E-state index contributed by atoms with van der Waals surface area (Å²) in [6.07, 6.45) is 5.20. The van der Waals surface area contributed by atoms with E-state index >= 15 is 0 Å². The Bertz CT molecular complexity index is 212. The number of halogens is 1. The summed E-state index contributed by atoms with van der Waals surface area (Å²) in [5, 5.41) is 3.12. The van der Waals surface area contributed by atoms with Gasteiger partial charge in [0.05, 0.1) is 4.83 Å². The third-order valence-corrected chi connectivity index (χ3v) is 4.79. The molecular formula is C12H22BrNO. The molecule has 1 rings (SSSR count). The predicted molar refractivity (Wildman–Crippen MR) is 67.1 cm³/mol. The SMILES string of the molecule is CC(C)C(Br)C(=O)N[C@@H](C)C1CCCC1. The summed E-state index contributed by atoms with van der Waals surface area (Å²) in [7, 11) is 0. The smallest absolute Gasteiger partial charge is 0.234 e. The summed E-state index contributed by atoms with van der Waals surface area (Å²) in [5.41, 5.74) is 0. The van der Waals surface area contributed by atoms with Crippen molar-refractivity contribution in [3.05, 3.63) is 0 Å². The summed E-state index contributed by atoms with van der Waals surface area (Å²) in [6, 6.07) is 0.332. The quantitative estimate of drug-likeness (QED) is 0.785. The predicted octanol–water partition coefficient (Wildman–Crippen LogP) is 3.10. The van der Waals surface area contributed by atoms with Gasteiger partial charge >= 0.3 is 0 Å². The lowest BCUT2D eigenvalue weighted by Crippen LogP contribution is -2.42. The van der Waals surface area contributed by atoms with Crippen LogP contribution in [0.1, 0.15) is 46.5 Å². The Kier molecular flexibility index (Phi) is 5.10. The van der Waals surface area contributed by atoms with Crippen LogP contribution in [-0.4, -0.2) is 16.8 Å². The van der Waals surface area contributed by atoms with Crippen LogP contribution in [0, 0.1) is 11.8 Å². The molecule has 0 saturated heterocycles. The van der Waals surface area contributed by atoms with Crippen LogP contribution in [-0.2, 0) is 4.79 Å². The van der Waals surface area contributed by atoms with Crippen molar-refractivity contribution in [2.24, 2.45) is 11.8 Å². The number of carbonyl (C=O) groups is 1. The second-order valence-electron chi connectivity index (χ2n) is 4.99. The molecule has 2 atom stereocenters. The molecule has 88 valence electrons. The van der Waals surface area contributed by atoms with Gasteiger partial charge in [-0.05, 0) is 31.6 Å². The molecule has 1 fully saturated rings. The van der Waals surface area contributed by atoms with Crippen molar-refractivity contribution in [2.75, 3.05) is 0 Å². The minimum atomic E-state index is -0.0543.